The Hall–Kier alpha value is -3.14. The van der Waals surface area contributed by atoms with Crippen molar-refractivity contribution in [2.75, 3.05) is 23.5 Å². The van der Waals surface area contributed by atoms with Gasteiger partial charge in [0.1, 0.15) is 5.75 Å². The molecule has 4 N–H and O–H groups in total. The van der Waals surface area contributed by atoms with E-state index in [1.165, 1.54) is 0 Å². The number of benzene rings is 3. The van der Waals surface area contributed by atoms with Crippen molar-refractivity contribution in [2.45, 2.75) is 0 Å². The molecule has 0 aliphatic carbocycles. The highest BCUT2D eigenvalue weighted by atomic mass is 16.5. The number of rotatable bonds is 5. The molecule has 4 nitrogen and oxygen atoms in total. The van der Waals surface area contributed by atoms with Gasteiger partial charge in [-0.1, -0.05) is 0 Å². The van der Waals surface area contributed by atoms with Crippen LogP contribution in [0.5, 0.6) is 5.75 Å². The van der Waals surface area contributed by atoms with Gasteiger partial charge >= 0.3 is 0 Å². The zero-order valence-corrected chi connectivity index (χ0v) is 12.9. The lowest BCUT2D eigenvalue weighted by Crippen LogP contribution is -1.93. The minimum absolute atomic E-state index is 0.759. The molecule has 0 aromatic heterocycles. The van der Waals surface area contributed by atoms with E-state index in [1.807, 2.05) is 72.8 Å². The molecule has 3 aromatic carbocycles. The van der Waals surface area contributed by atoms with Crippen LogP contribution in [0.1, 0.15) is 0 Å². The molecule has 0 bridgehead atoms. The highest BCUT2D eigenvalue weighted by Gasteiger charge is 1.98. The fraction of sp³-hybridized carbons (Fsp3) is 0.0526. The second kappa shape index (κ2) is 6.75. The van der Waals surface area contributed by atoms with E-state index in [2.05, 4.69) is 10.6 Å². The van der Waals surface area contributed by atoms with Gasteiger partial charge in [0.25, 0.3) is 0 Å². The van der Waals surface area contributed by atoms with Crippen LogP contribution in [-0.2, 0) is 0 Å². The quantitative estimate of drug-likeness (QED) is 0.595. The van der Waals surface area contributed by atoms with Crippen LogP contribution < -0.4 is 21.1 Å². The average Bonchev–Trinajstić information content (AvgIpc) is 2.59. The summed E-state index contributed by atoms with van der Waals surface area (Å²) in [5.41, 5.74) is 10.5. The molecule has 0 saturated heterocycles. The number of anilines is 5. The smallest absolute Gasteiger partial charge is 0.119 e. The molecular weight excluding hydrogens is 286 g/mol. The lowest BCUT2D eigenvalue weighted by molar-refractivity contribution is 0.415. The number of hydrogen-bond acceptors (Lipinski definition) is 4. The first-order valence-electron chi connectivity index (χ1n) is 7.37. The summed E-state index contributed by atoms with van der Waals surface area (Å²) >= 11 is 0. The Morgan fingerprint density at radius 2 is 0.957 bits per heavy atom. The first kappa shape index (κ1) is 14.8. The number of hydrogen-bond donors (Lipinski definition) is 3. The summed E-state index contributed by atoms with van der Waals surface area (Å²) < 4.78 is 5.16. The first-order valence-corrected chi connectivity index (χ1v) is 7.37. The summed E-state index contributed by atoms with van der Waals surface area (Å²) in [6.07, 6.45) is 0. The van der Waals surface area contributed by atoms with Crippen molar-refractivity contribution < 1.29 is 4.74 Å². The molecule has 0 aliphatic rings. The lowest BCUT2D eigenvalue weighted by atomic mass is 10.2. The molecule has 0 spiro atoms. The fourth-order valence-corrected chi connectivity index (χ4v) is 2.21. The van der Waals surface area contributed by atoms with E-state index in [4.69, 9.17) is 10.5 Å². The Balaban J connectivity index is 1.65. The number of nitrogens with one attached hydrogen (secondary N) is 2. The number of ether oxygens (including phenoxy) is 1. The number of nitrogens with two attached hydrogens (primary N) is 1. The molecular formula is C19H19N3O. The predicted octanol–water partition coefficient (Wildman–Crippen LogP) is 4.76. The van der Waals surface area contributed by atoms with Crippen molar-refractivity contribution in [3.63, 3.8) is 0 Å². The van der Waals surface area contributed by atoms with E-state index >= 15 is 0 Å². The molecule has 0 saturated carbocycles. The summed E-state index contributed by atoms with van der Waals surface area (Å²) in [4.78, 5) is 0. The zero-order valence-electron chi connectivity index (χ0n) is 12.9. The molecule has 116 valence electrons. The zero-order chi connectivity index (χ0) is 16.1. The minimum atomic E-state index is 0.759. The van der Waals surface area contributed by atoms with E-state index in [9.17, 15) is 0 Å². The van der Waals surface area contributed by atoms with E-state index in [0.717, 1.165) is 34.2 Å². The van der Waals surface area contributed by atoms with Crippen molar-refractivity contribution in [2.24, 2.45) is 0 Å². The Morgan fingerprint density at radius 3 is 1.35 bits per heavy atom. The second-order valence-corrected chi connectivity index (χ2v) is 5.18. The summed E-state index contributed by atoms with van der Waals surface area (Å²) in [6.45, 7) is 0. The van der Waals surface area contributed by atoms with Gasteiger partial charge in [0.05, 0.1) is 7.11 Å². The average molecular weight is 305 g/mol. The standard InChI is InChI=1S/C19H19N3O/c1-23-19-12-10-18(11-13-19)22-17-8-6-16(7-9-17)21-15-4-2-14(20)3-5-15/h2-13,21-22H,20H2,1H3. The molecule has 3 aromatic rings. The third-order valence-corrected chi connectivity index (χ3v) is 3.46. The van der Waals surface area contributed by atoms with Gasteiger partial charge in [0.2, 0.25) is 0 Å². The van der Waals surface area contributed by atoms with E-state index in [-0.39, 0.29) is 0 Å². The van der Waals surface area contributed by atoms with E-state index in [1.54, 1.807) is 7.11 Å². The van der Waals surface area contributed by atoms with Crippen LogP contribution in [0.25, 0.3) is 0 Å². The van der Waals surface area contributed by atoms with Gasteiger partial charge in [-0.15, -0.1) is 0 Å². The van der Waals surface area contributed by atoms with Crippen LogP contribution in [0.3, 0.4) is 0 Å². The topological polar surface area (TPSA) is 59.3 Å². The monoisotopic (exact) mass is 305 g/mol. The molecule has 0 unspecified atom stereocenters. The van der Waals surface area contributed by atoms with Crippen LogP contribution in [-0.4, -0.2) is 7.11 Å². The summed E-state index contributed by atoms with van der Waals surface area (Å²) in [7, 11) is 1.66. The third kappa shape index (κ3) is 3.95. The summed E-state index contributed by atoms with van der Waals surface area (Å²) in [5, 5.41) is 6.69. The van der Waals surface area contributed by atoms with Gasteiger partial charge < -0.3 is 21.1 Å². The van der Waals surface area contributed by atoms with Gasteiger partial charge in [-0.05, 0) is 72.8 Å². The van der Waals surface area contributed by atoms with E-state index in [0.29, 0.717) is 0 Å². The highest BCUT2D eigenvalue weighted by molar-refractivity contribution is 5.66. The van der Waals surface area contributed by atoms with Crippen molar-refractivity contribution in [1.29, 1.82) is 0 Å². The maximum Gasteiger partial charge on any atom is 0.119 e. The normalized spacial score (nSPS) is 10.1. The molecule has 0 amide bonds. The molecule has 23 heavy (non-hydrogen) atoms. The molecule has 0 aliphatic heterocycles. The molecule has 0 atom stereocenters. The van der Waals surface area contributed by atoms with Crippen LogP contribution in [0.15, 0.2) is 72.8 Å². The first-order chi connectivity index (χ1) is 11.2. The summed E-state index contributed by atoms with van der Waals surface area (Å²) in [5.74, 6) is 0.846. The molecule has 0 radical (unpaired) electrons. The van der Waals surface area contributed by atoms with E-state index < -0.39 is 0 Å². The van der Waals surface area contributed by atoms with Crippen LogP contribution >= 0.6 is 0 Å². The van der Waals surface area contributed by atoms with Gasteiger partial charge in [-0.25, -0.2) is 0 Å². The van der Waals surface area contributed by atoms with Crippen molar-refractivity contribution in [3.05, 3.63) is 72.8 Å². The Morgan fingerprint density at radius 1 is 0.609 bits per heavy atom. The third-order valence-electron chi connectivity index (χ3n) is 3.46. The van der Waals surface area contributed by atoms with Gasteiger partial charge in [0, 0.05) is 28.4 Å². The highest BCUT2D eigenvalue weighted by Crippen LogP contribution is 2.23. The van der Waals surface area contributed by atoms with Gasteiger partial charge in [-0.2, -0.15) is 0 Å². The number of methoxy groups -OCH3 is 1. The van der Waals surface area contributed by atoms with Crippen LogP contribution in [0.4, 0.5) is 28.4 Å². The Labute approximate surface area is 135 Å². The van der Waals surface area contributed by atoms with Crippen molar-refractivity contribution in [3.8, 4) is 5.75 Å². The van der Waals surface area contributed by atoms with Crippen LogP contribution in [0.2, 0.25) is 0 Å². The van der Waals surface area contributed by atoms with Crippen LogP contribution in [0, 0.1) is 0 Å². The SMILES string of the molecule is COc1ccc(Nc2ccc(Nc3ccc(N)cc3)cc2)cc1. The minimum Gasteiger partial charge on any atom is -0.497 e. The maximum atomic E-state index is 5.69. The Kier molecular flexibility index (Phi) is 4.34. The largest absolute Gasteiger partial charge is 0.497 e. The lowest BCUT2D eigenvalue weighted by Gasteiger charge is -2.10. The molecule has 4 heteroatoms. The molecule has 0 heterocycles. The Bertz CT molecular complexity index is 750. The number of nitrogen functional groups attached to an aromatic ring is 1. The van der Waals surface area contributed by atoms with Gasteiger partial charge in [0.15, 0.2) is 0 Å². The maximum absolute atomic E-state index is 5.69. The molecule has 3 rings (SSSR count). The second-order valence-electron chi connectivity index (χ2n) is 5.18. The van der Waals surface area contributed by atoms with Crippen molar-refractivity contribution >= 4 is 28.4 Å². The molecule has 0 fully saturated rings. The predicted molar refractivity (Wildman–Crippen MR) is 96.9 cm³/mol. The fourth-order valence-electron chi connectivity index (χ4n) is 2.21. The van der Waals surface area contributed by atoms with Crippen molar-refractivity contribution in [1.82, 2.24) is 0 Å². The summed E-state index contributed by atoms with van der Waals surface area (Å²) in [6, 6.07) is 23.6. The van der Waals surface area contributed by atoms with Gasteiger partial charge in [-0.3, -0.25) is 0 Å².